The average molecular weight is 337 g/mol. The van der Waals surface area contributed by atoms with Crippen LogP contribution in [0.2, 0.25) is 0 Å². The molecule has 4 nitrogen and oxygen atoms in total. The van der Waals surface area contributed by atoms with E-state index in [0.29, 0.717) is 5.56 Å². The molecule has 1 atom stereocenters. The minimum atomic E-state index is -3.85. The van der Waals surface area contributed by atoms with E-state index in [1.165, 1.54) is 18.2 Å². The van der Waals surface area contributed by atoms with Crippen molar-refractivity contribution in [3.8, 4) is 0 Å². The Labute approximate surface area is 132 Å². The van der Waals surface area contributed by atoms with Gasteiger partial charge in [0.1, 0.15) is 6.10 Å². The van der Waals surface area contributed by atoms with Crippen LogP contribution >= 0.6 is 0 Å². The fraction of sp³-hybridized carbons (Fsp3) is 0.188. The molecule has 23 heavy (non-hydrogen) atoms. The third kappa shape index (κ3) is 2.96. The van der Waals surface area contributed by atoms with Gasteiger partial charge in [0.05, 0.1) is 11.4 Å². The second-order valence-corrected chi connectivity index (χ2v) is 7.03. The predicted octanol–water partition coefficient (Wildman–Crippen LogP) is 3.17. The zero-order valence-corrected chi connectivity index (χ0v) is 13.0. The van der Waals surface area contributed by atoms with E-state index in [2.05, 4.69) is 4.99 Å². The van der Waals surface area contributed by atoms with E-state index >= 15 is 0 Å². The maximum atomic E-state index is 13.3. The summed E-state index contributed by atoms with van der Waals surface area (Å²) in [4.78, 5) is 3.98. The van der Waals surface area contributed by atoms with E-state index < -0.39 is 32.8 Å². The largest absolute Gasteiger partial charge is 0.459 e. The molecule has 3 rings (SSSR count). The molecule has 0 N–H and O–H groups in total. The van der Waals surface area contributed by atoms with Crippen LogP contribution in [0.4, 0.5) is 8.78 Å². The molecule has 1 aliphatic heterocycles. The van der Waals surface area contributed by atoms with Crippen molar-refractivity contribution < 1.29 is 21.9 Å². The van der Waals surface area contributed by atoms with Crippen LogP contribution in [0.3, 0.4) is 0 Å². The molecule has 0 saturated carbocycles. The first-order valence-corrected chi connectivity index (χ1v) is 8.34. The molecular formula is C16H13F2NO3S. The van der Waals surface area contributed by atoms with Crippen LogP contribution in [-0.2, 0) is 14.6 Å². The van der Waals surface area contributed by atoms with E-state index in [0.717, 1.165) is 17.7 Å². The van der Waals surface area contributed by atoms with Crippen LogP contribution in [0.5, 0.6) is 0 Å². The summed E-state index contributed by atoms with van der Waals surface area (Å²) in [5, 5.41) is -0.406. The zero-order valence-electron chi connectivity index (χ0n) is 12.2. The van der Waals surface area contributed by atoms with Crippen molar-refractivity contribution in [3.63, 3.8) is 0 Å². The Bertz CT molecular complexity index is 877. The molecule has 0 fully saturated rings. The molecular weight excluding hydrogens is 324 g/mol. The molecule has 0 amide bonds. The van der Waals surface area contributed by atoms with Crippen LogP contribution in [0, 0.1) is 18.6 Å². The molecule has 0 spiro atoms. The van der Waals surface area contributed by atoms with Crippen molar-refractivity contribution in [2.75, 3.05) is 6.54 Å². The minimum Gasteiger partial charge on any atom is -0.459 e. The molecule has 0 bridgehead atoms. The Hall–Kier alpha value is -2.28. The number of halogens is 2. The number of ether oxygens (including phenoxy) is 1. The molecule has 0 aliphatic carbocycles. The summed E-state index contributed by atoms with van der Waals surface area (Å²) >= 11 is 0. The maximum Gasteiger partial charge on any atom is 0.310 e. The van der Waals surface area contributed by atoms with Crippen LogP contribution in [0.25, 0.3) is 0 Å². The number of benzene rings is 2. The summed E-state index contributed by atoms with van der Waals surface area (Å²) in [5.41, 5.74) is 1.26. The lowest BCUT2D eigenvalue weighted by Crippen LogP contribution is -2.16. The fourth-order valence-electron chi connectivity index (χ4n) is 2.21. The van der Waals surface area contributed by atoms with E-state index in [9.17, 15) is 17.2 Å². The number of hydrogen-bond donors (Lipinski definition) is 0. The standard InChI is InChI=1S/C16H13F2NO3S/c1-10-2-5-12(6-3-10)23(20,21)16-19-9-15(22-16)11-4-7-13(17)14(18)8-11/h2-8,15H,9H2,1H3. The lowest BCUT2D eigenvalue weighted by Gasteiger charge is -2.12. The SMILES string of the molecule is Cc1ccc(S(=O)(=O)C2=NCC(c3ccc(F)c(F)c3)O2)cc1. The lowest BCUT2D eigenvalue weighted by atomic mass is 10.1. The molecule has 0 saturated heterocycles. The zero-order chi connectivity index (χ0) is 16.6. The van der Waals surface area contributed by atoms with E-state index in [-0.39, 0.29) is 11.4 Å². The summed E-state index contributed by atoms with van der Waals surface area (Å²) in [6.07, 6.45) is -0.750. The first-order valence-electron chi connectivity index (χ1n) is 6.86. The number of hydrogen-bond acceptors (Lipinski definition) is 4. The monoisotopic (exact) mass is 337 g/mol. The van der Waals surface area contributed by atoms with E-state index in [4.69, 9.17) is 4.74 Å². The first kappa shape index (κ1) is 15.6. The van der Waals surface area contributed by atoms with Crippen molar-refractivity contribution >= 4 is 15.1 Å². The van der Waals surface area contributed by atoms with Gasteiger partial charge in [0.2, 0.25) is 0 Å². The van der Waals surface area contributed by atoms with Crippen LogP contribution in [0.1, 0.15) is 17.2 Å². The highest BCUT2D eigenvalue weighted by Crippen LogP contribution is 2.28. The van der Waals surface area contributed by atoms with Gasteiger partial charge in [-0.15, -0.1) is 0 Å². The highest BCUT2D eigenvalue weighted by Gasteiger charge is 2.32. The molecule has 1 heterocycles. The maximum absolute atomic E-state index is 13.3. The van der Waals surface area contributed by atoms with E-state index in [1.807, 2.05) is 6.92 Å². The Morgan fingerprint density at radius 3 is 2.43 bits per heavy atom. The van der Waals surface area contributed by atoms with Gasteiger partial charge in [0, 0.05) is 0 Å². The highest BCUT2D eigenvalue weighted by molar-refractivity contribution is 8.06. The Morgan fingerprint density at radius 2 is 1.78 bits per heavy atom. The number of aryl methyl sites for hydroxylation is 1. The van der Waals surface area contributed by atoms with Gasteiger partial charge in [0.25, 0.3) is 9.84 Å². The Kier molecular flexibility index (Phi) is 3.89. The van der Waals surface area contributed by atoms with Gasteiger partial charge < -0.3 is 4.74 Å². The summed E-state index contributed by atoms with van der Waals surface area (Å²) < 4.78 is 56.5. The number of aliphatic imine (C=N–C) groups is 1. The molecule has 120 valence electrons. The average Bonchev–Trinajstić information content (AvgIpc) is 3.01. The topological polar surface area (TPSA) is 55.7 Å². The second-order valence-electron chi connectivity index (χ2n) is 5.20. The Morgan fingerprint density at radius 1 is 1.09 bits per heavy atom. The van der Waals surface area contributed by atoms with Crippen molar-refractivity contribution in [1.82, 2.24) is 0 Å². The van der Waals surface area contributed by atoms with Crippen molar-refractivity contribution in [2.24, 2.45) is 4.99 Å². The van der Waals surface area contributed by atoms with E-state index in [1.54, 1.807) is 12.1 Å². The van der Waals surface area contributed by atoms with Crippen LogP contribution < -0.4 is 0 Å². The summed E-state index contributed by atoms with van der Waals surface area (Å²) in [5.74, 6) is -1.99. The van der Waals surface area contributed by atoms with Crippen LogP contribution in [0.15, 0.2) is 52.4 Å². The van der Waals surface area contributed by atoms with Gasteiger partial charge in [-0.05, 0) is 36.8 Å². The van der Waals surface area contributed by atoms with Crippen molar-refractivity contribution in [3.05, 3.63) is 65.2 Å². The van der Waals surface area contributed by atoms with Gasteiger partial charge in [-0.25, -0.2) is 22.2 Å². The van der Waals surface area contributed by atoms with Gasteiger partial charge >= 0.3 is 5.23 Å². The lowest BCUT2D eigenvalue weighted by molar-refractivity contribution is 0.233. The predicted molar refractivity (Wildman–Crippen MR) is 80.9 cm³/mol. The van der Waals surface area contributed by atoms with Gasteiger partial charge in [0.15, 0.2) is 11.6 Å². The van der Waals surface area contributed by atoms with Crippen molar-refractivity contribution in [2.45, 2.75) is 17.9 Å². The Balaban J connectivity index is 1.83. The number of rotatable bonds is 2. The quantitative estimate of drug-likeness (QED) is 0.846. The fourth-order valence-corrected chi connectivity index (χ4v) is 3.39. The molecule has 2 aromatic rings. The summed E-state index contributed by atoms with van der Waals surface area (Å²) in [6, 6.07) is 9.60. The summed E-state index contributed by atoms with van der Waals surface area (Å²) in [6.45, 7) is 1.88. The van der Waals surface area contributed by atoms with Gasteiger partial charge in [-0.1, -0.05) is 23.8 Å². The minimum absolute atomic E-state index is 0.0332. The molecule has 1 unspecified atom stereocenters. The summed E-state index contributed by atoms with van der Waals surface area (Å²) in [7, 11) is -3.85. The molecule has 0 radical (unpaired) electrons. The third-order valence-electron chi connectivity index (χ3n) is 3.51. The number of sulfone groups is 1. The molecule has 7 heteroatoms. The third-order valence-corrected chi connectivity index (χ3v) is 5.08. The number of nitrogens with zero attached hydrogens (tertiary/aromatic N) is 1. The second kappa shape index (κ2) is 5.73. The van der Waals surface area contributed by atoms with Crippen LogP contribution in [-0.4, -0.2) is 20.2 Å². The first-order chi connectivity index (χ1) is 10.9. The highest BCUT2D eigenvalue weighted by atomic mass is 32.2. The molecule has 0 aromatic heterocycles. The van der Waals surface area contributed by atoms with Crippen molar-refractivity contribution in [1.29, 1.82) is 0 Å². The van der Waals surface area contributed by atoms with Gasteiger partial charge in [-0.3, -0.25) is 0 Å². The molecule has 1 aliphatic rings. The normalized spacial score (nSPS) is 17.7. The van der Waals surface area contributed by atoms with Gasteiger partial charge in [-0.2, -0.15) is 0 Å². The molecule has 2 aromatic carbocycles. The smallest absolute Gasteiger partial charge is 0.310 e.